The van der Waals surface area contributed by atoms with Gasteiger partial charge in [-0.05, 0) is 109 Å². The van der Waals surface area contributed by atoms with E-state index in [-0.39, 0.29) is 11.9 Å². The van der Waals surface area contributed by atoms with Gasteiger partial charge in [-0.1, -0.05) is 169 Å². The lowest BCUT2D eigenvalue weighted by atomic mass is 9.92. The first kappa shape index (κ1) is 53.9. The third-order valence-corrected chi connectivity index (χ3v) is 12.6. The first-order chi connectivity index (χ1) is 28.0. The predicted octanol–water partition coefficient (Wildman–Crippen LogP) is 15.1. The average Bonchev–Trinajstić information content (AvgIpc) is 3.73. The second kappa shape index (κ2) is 41.6. The summed E-state index contributed by atoms with van der Waals surface area (Å²) in [6.45, 7) is 14.9. The Morgan fingerprint density at radius 1 is 0.421 bits per heavy atom. The van der Waals surface area contributed by atoms with Gasteiger partial charge < -0.3 is 19.1 Å². The molecule has 1 aliphatic rings. The second-order valence-corrected chi connectivity index (χ2v) is 18.1. The Morgan fingerprint density at radius 2 is 0.772 bits per heavy atom. The topological polar surface area (TPSA) is 65.1 Å². The minimum Gasteiger partial charge on any atom is -0.466 e. The van der Waals surface area contributed by atoms with Crippen LogP contribution in [-0.2, 0) is 23.8 Å². The fourth-order valence-electron chi connectivity index (χ4n) is 8.76. The van der Waals surface area contributed by atoms with Crippen molar-refractivity contribution in [2.45, 2.75) is 265 Å². The van der Waals surface area contributed by atoms with Crippen LogP contribution in [-0.4, -0.2) is 62.4 Å². The van der Waals surface area contributed by atoms with Crippen molar-refractivity contribution in [3.63, 3.8) is 0 Å². The van der Waals surface area contributed by atoms with Crippen LogP contribution in [0.15, 0.2) is 0 Å². The van der Waals surface area contributed by atoms with E-state index in [9.17, 15) is 9.59 Å². The summed E-state index contributed by atoms with van der Waals surface area (Å²) in [7, 11) is 0. The van der Waals surface area contributed by atoms with Gasteiger partial charge in [-0.2, -0.15) is 0 Å². The third kappa shape index (κ3) is 35.3. The Balaban J connectivity index is 2.23. The van der Waals surface area contributed by atoms with E-state index in [1.54, 1.807) is 0 Å². The van der Waals surface area contributed by atoms with Crippen LogP contribution < -0.4 is 0 Å². The van der Waals surface area contributed by atoms with Crippen LogP contribution in [0, 0.1) is 11.8 Å². The highest BCUT2D eigenvalue weighted by atomic mass is 16.5. The van der Waals surface area contributed by atoms with E-state index in [4.69, 9.17) is 14.2 Å². The van der Waals surface area contributed by atoms with Crippen molar-refractivity contribution in [1.29, 1.82) is 0 Å². The lowest BCUT2D eigenvalue weighted by Crippen LogP contribution is -2.21. The summed E-state index contributed by atoms with van der Waals surface area (Å²) < 4.78 is 17.9. The highest BCUT2D eigenvalue weighted by molar-refractivity contribution is 5.70. The van der Waals surface area contributed by atoms with E-state index < -0.39 is 0 Å². The number of esters is 2. The molecule has 0 unspecified atom stereocenters. The zero-order valence-electron chi connectivity index (χ0n) is 38.9. The number of nitrogens with zero attached hydrogens (tertiary/aromatic N) is 1. The molecular weight excluding hydrogens is 707 g/mol. The molecule has 6 heteroatoms. The van der Waals surface area contributed by atoms with Gasteiger partial charge in [0.05, 0.1) is 19.3 Å². The molecule has 0 spiro atoms. The zero-order valence-corrected chi connectivity index (χ0v) is 38.9. The van der Waals surface area contributed by atoms with E-state index in [1.165, 1.54) is 212 Å². The largest absolute Gasteiger partial charge is 0.466 e. The Kier molecular flexibility index (Phi) is 39.3. The van der Waals surface area contributed by atoms with Gasteiger partial charge in [0.25, 0.3) is 0 Å². The fourth-order valence-corrected chi connectivity index (χ4v) is 8.76. The molecule has 0 aromatic rings. The predicted molar refractivity (Wildman–Crippen MR) is 244 cm³/mol. The Bertz CT molecular complexity index is 785. The number of hydrogen-bond acceptors (Lipinski definition) is 6. The first-order valence-electron chi connectivity index (χ1n) is 25.7. The number of carbonyl (C=O) groups is 2. The van der Waals surface area contributed by atoms with E-state index >= 15 is 0 Å². The van der Waals surface area contributed by atoms with Crippen molar-refractivity contribution < 1.29 is 23.8 Å². The normalized spacial score (nSPS) is 13.5. The molecule has 0 aliphatic carbocycles. The molecule has 338 valence electrons. The lowest BCUT2D eigenvalue weighted by molar-refractivity contribution is -0.146. The molecular formula is C51H99NO5. The molecule has 0 radical (unpaired) electrons. The Labute approximate surface area is 355 Å². The first-order valence-corrected chi connectivity index (χ1v) is 25.7. The minimum atomic E-state index is 0.0300. The Morgan fingerprint density at radius 3 is 1.18 bits per heavy atom. The van der Waals surface area contributed by atoms with Gasteiger partial charge in [-0.25, -0.2) is 0 Å². The van der Waals surface area contributed by atoms with Gasteiger partial charge in [-0.15, -0.1) is 0 Å². The monoisotopic (exact) mass is 806 g/mol. The van der Waals surface area contributed by atoms with E-state index in [2.05, 4.69) is 32.6 Å². The molecule has 0 aromatic carbocycles. The van der Waals surface area contributed by atoms with Crippen LogP contribution >= 0.6 is 0 Å². The highest BCUT2D eigenvalue weighted by Crippen LogP contribution is 2.24. The summed E-state index contributed by atoms with van der Waals surface area (Å²) in [5.74, 6) is 1.08. The smallest absolute Gasteiger partial charge is 0.306 e. The number of hydrogen-bond donors (Lipinski definition) is 0. The van der Waals surface area contributed by atoms with E-state index in [0.29, 0.717) is 44.0 Å². The summed E-state index contributed by atoms with van der Waals surface area (Å²) in [4.78, 5) is 27.7. The van der Waals surface area contributed by atoms with Crippen LogP contribution in [0.3, 0.4) is 0 Å². The molecule has 57 heavy (non-hydrogen) atoms. The number of likely N-dealkylation sites (tertiary alicyclic amines) is 1. The molecule has 6 nitrogen and oxygen atoms in total. The van der Waals surface area contributed by atoms with Crippen molar-refractivity contribution in [2.75, 3.05) is 39.5 Å². The lowest BCUT2D eigenvalue weighted by Gasteiger charge is -2.19. The number of unbranched alkanes of at least 4 members (excludes halogenated alkanes) is 19. The summed E-state index contributed by atoms with van der Waals surface area (Å²) >= 11 is 0. The Hall–Kier alpha value is -1.14. The zero-order chi connectivity index (χ0) is 41.3. The molecule has 1 rings (SSSR count). The van der Waals surface area contributed by atoms with Gasteiger partial charge in [0, 0.05) is 19.4 Å². The van der Waals surface area contributed by atoms with Crippen LogP contribution in [0.1, 0.15) is 259 Å². The summed E-state index contributed by atoms with van der Waals surface area (Å²) in [5.41, 5.74) is 0. The summed E-state index contributed by atoms with van der Waals surface area (Å²) in [5, 5.41) is 0. The maximum absolute atomic E-state index is 12.5. The summed E-state index contributed by atoms with van der Waals surface area (Å²) in [6.07, 6.45) is 43.3. The number of carbonyl (C=O) groups excluding carboxylic acids is 2. The van der Waals surface area contributed by atoms with Gasteiger partial charge in [0.15, 0.2) is 0 Å². The van der Waals surface area contributed by atoms with Crippen LogP contribution in [0.25, 0.3) is 0 Å². The van der Waals surface area contributed by atoms with E-state index in [0.717, 1.165) is 32.3 Å². The molecule has 0 atom stereocenters. The quantitative estimate of drug-likeness (QED) is 0.0451. The number of rotatable bonds is 44. The minimum absolute atomic E-state index is 0.0300. The third-order valence-electron chi connectivity index (χ3n) is 12.6. The second-order valence-electron chi connectivity index (χ2n) is 18.1. The van der Waals surface area contributed by atoms with Crippen LogP contribution in [0.5, 0.6) is 0 Å². The molecule has 0 saturated carbocycles. The molecule has 0 aromatic heterocycles. The van der Waals surface area contributed by atoms with Crippen molar-refractivity contribution in [2.24, 2.45) is 11.8 Å². The average molecular weight is 806 g/mol. The van der Waals surface area contributed by atoms with Crippen LogP contribution in [0.4, 0.5) is 0 Å². The van der Waals surface area contributed by atoms with Gasteiger partial charge in [0.1, 0.15) is 0 Å². The number of ether oxygens (including phenoxy) is 3. The van der Waals surface area contributed by atoms with Gasteiger partial charge in [0.2, 0.25) is 0 Å². The molecule has 0 amide bonds. The fraction of sp³-hybridized carbons (Fsp3) is 0.961. The molecule has 1 fully saturated rings. The molecule has 0 bridgehead atoms. The maximum Gasteiger partial charge on any atom is 0.306 e. The highest BCUT2D eigenvalue weighted by Gasteiger charge is 2.17. The van der Waals surface area contributed by atoms with Crippen molar-refractivity contribution in [1.82, 2.24) is 4.90 Å². The van der Waals surface area contributed by atoms with Gasteiger partial charge in [-0.3, -0.25) is 9.59 Å². The van der Waals surface area contributed by atoms with Gasteiger partial charge >= 0.3 is 11.9 Å². The van der Waals surface area contributed by atoms with Crippen molar-refractivity contribution in [3.05, 3.63) is 0 Å². The van der Waals surface area contributed by atoms with Crippen molar-refractivity contribution in [3.8, 4) is 0 Å². The van der Waals surface area contributed by atoms with E-state index in [1.807, 2.05) is 0 Å². The molecule has 1 aliphatic heterocycles. The SMILES string of the molecule is CCCCCC(CCCCC)CC(=O)OCCCCCCCCC(CCCCCCCCOC(=O)CC(CCCCC)CCCCC)OCCCCN1CCCC1. The van der Waals surface area contributed by atoms with Crippen molar-refractivity contribution >= 4 is 11.9 Å². The summed E-state index contributed by atoms with van der Waals surface area (Å²) in [6, 6.07) is 0. The van der Waals surface area contributed by atoms with Crippen LogP contribution in [0.2, 0.25) is 0 Å². The molecule has 0 N–H and O–H groups in total. The maximum atomic E-state index is 12.5. The standard InChI is InChI=1S/C51H99NO5/c1-5-9-21-33-47(34-22-10-6-2)45-50(53)56-43-30-19-15-13-17-25-37-49(55-42-32-29-41-52-39-27-28-40-52)38-26-18-14-16-20-31-44-57-51(54)46-48(35-23-11-7-3)36-24-12-8-4/h47-49H,5-46H2,1-4H3. The molecule has 1 saturated heterocycles. The molecule has 1 heterocycles.